The summed E-state index contributed by atoms with van der Waals surface area (Å²) in [6, 6.07) is 14.1. The van der Waals surface area contributed by atoms with Crippen LogP contribution in [0, 0.1) is 6.92 Å². The predicted octanol–water partition coefficient (Wildman–Crippen LogP) is 3.13. The molecule has 0 spiro atoms. The lowest BCUT2D eigenvalue weighted by molar-refractivity contribution is 0.102. The van der Waals surface area contributed by atoms with Gasteiger partial charge in [0, 0.05) is 67.7 Å². The van der Waals surface area contributed by atoms with Crippen LogP contribution in [0.3, 0.4) is 0 Å². The van der Waals surface area contributed by atoms with Crippen LogP contribution in [0.25, 0.3) is 0 Å². The molecule has 3 aromatic rings. The predicted molar refractivity (Wildman–Crippen MR) is 119 cm³/mol. The van der Waals surface area contributed by atoms with Crippen LogP contribution in [0.4, 0.5) is 11.4 Å². The number of pyridine rings is 1. The fraction of sp³-hybridized carbons (Fsp3) is 0.348. The van der Waals surface area contributed by atoms with Gasteiger partial charge in [-0.1, -0.05) is 6.07 Å². The molecule has 4 rings (SSSR count). The Kier molecular flexibility index (Phi) is 6.09. The zero-order valence-electron chi connectivity index (χ0n) is 17.5. The van der Waals surface area contributed by atoms with Gasteiger partial charge in [-0.25, -0.2) is 0 Å². The third kappa shape index (κ3) is 4.86. The van der Waals surface area contributed by atoms with Crippen LogP contribution in [0.5, 0.6) is 0 Å². The highest BCUT2D eigenvalue weighted by molar-refractivity contribution is 6.04. The standard InChI is InChI=1S/C23H28N6O/c1-17-14-21(27-28(17)2)16-25-19-8-12-29(13-9-19)22-5-3-4-20(15-22)26-23(30)18-6-10-24-11-7-18/h3-7,10-11,14-15,19,25H,8-9,12-13,16H2,1-2H3,(H,26,30). The van der Waals surface area contributed by atoms with Gasteiger partial charge in [-0.3, -0.25) is 14.5 Å². The molecule has 2 N–H and O–H groups in total. The van der Waals surface area contributed by atoms with E-state index in [1.54, 1.807) is 24.5 Å². The molecule has 1 aliphatic heterocycles. The minimum absolute atomic E-state index is 0.123. The first-order valence-electron chi connectivity index (χ1n) is 10.4. The maximum Gasteiger partial charge on any atom is 0.255 e. The van der Waals surface area contributed by atoms with Gasteiger partial charge in [-0.2, -0.15) is 5.10 Å². The molecule has 2 aromatic heterocycles. The molecule has 156 valence electrons. The van der Waals surface area contributed by atoms with Crippen molar-refractivity contribution in [3.05, 3.63) is 71.8 Å². The Morgan fingerprint density at radius 3 is 2.60 bits per heavy atom. The third-order valence-corrected chi connectivity index (χ3v) is 5.64. The quantitative estimate of drug-likeness (QED) is 0.660. The number of anilines is 2. The van der Waals surface area contributed by atoms with Gasteiger partial charge in [0.15, 0.2) is 0 Å². The van der Waals surface area contributed by atoms with E-state index in [0.29, 0.717) is 11.6 Å². The summed E-state index contributed by atoms with van der Waals surface area (Å²) in [5.41, 5.74) is 4.82. The zero-order valence-corrected chi connectivity index (χ0v) is 17.5. The topological polar surface area (TPSA) is 75.1 Å². The molecule has 1 fully saturated rings. The summed E-state index contributed by atoms with van der Waals surface area (Å²) in [6.45, 7) is 4.85. The number of nitrogens with one attached hydrogen (secondary N) is 2. The van der Waals surface area contributed by atoms with E-state index < -0.39 is 0 Å². The Morgan fingerprint density at radius 1 is 1.13 bits per heavy atom. The highest BCUT2D eigenvalue weighted by atomic mass is 16.1. The van der Waals surface area contributed by atoms with Gasteiger partial charge in [0.25, 0.3) is 5.91 Å². The molecule has 1 amide bonds. The normalized spacial score (nSPS) is 14.7. The van der Waals surface area contributed by atoms with Gasteiger partial charge in [0.05, 0.1) is 5.69 Å². The number of benzene rings is 1. The lowest BCUT2D eigenvalue weighted by Crippen LogP contribution is -2.42. The Morgan fingerprint density at radius 2 is 1.90 bits per heavy atom. The molecule has 0 unspecified atom stereocenters. The van der Waals surface area contributed by atoms with E-state index in [1.165, 1.54) is 5.69 Å². The summed E-state index contributed by atoms with van der Waals surface area (Å²) < 4.78 is 1.92. The number of nitrogens with zero attached hydrogens (tertiary/aromatic N) is 4. The number of rotatable bonds is 6. The Bertz CT molecular complexity index is 972. The van der Waals surface area contributed by atoms with Crippen molar-refractivity contribution in [2.75, 3.05) is 23.3 Å². The Balaban J connectivity index is 1.30. The molecule has 30 heavy (non-hydrogen) atoms. The molecule has 3 heterocycles. The SMILES string of the molecule is Cc1cc(CNC2CCN(c3cccc(NC(=O)c4ccncc4)c3)CC2)nn1C. The molecule has 0 bridgehead atoms. The van der Waals surface area contributed by atoms with Crippen LogP contribution in [0.15, 0.2) is 54.9 Å². The van der Waals surface area contributed by atoms with Crippen molar-refractivity contribution < 1.29 is 4.79 Å². The Labute approximate surface area is 177 Å². The highest BCUT2D eigenvalue weighted by Gasteiger charge is 2.20. The van der Waals surface area contributed by atoms with Crippen LogP contribution in [-0.2, 0) is 13.6 Å². The van der Waals surface area contributed by atoms with E-state index in [-0.39, 0.29) is 5.91 Å². The maximum atomic E-state index is 12.4. The van der Waals surface area contributed by atoms with E-state index >= 15 is 0 Å². The largest absolute Gasteiger partial charge is 0.371 e. The van der Waals surface area contributed by atoms with Gasteiger partial charge < -0.3 is 15.5 Å². The van der Waals surface area contributed by atoms with E-state index in [9.17, 15) is 4.79 Å². The van der Waals surface area contributed by atoms with Gasteiger partial charge >= 0.3 is 0 Å². The van der Waals surface area contributed by atoms with E-state index in [4.69, 9.17) is 0 Å². The summed E-state index contributed by atoms with van der Waals surface area (Å²) in [4.78, 5) is 18.7. The van der Waals surface area contributed by atoms with Crippen molar-refractivity contribution in [2.24, 2.45) is 7.05 Å². The fourth-order valence-electron chi connectivity index (χ4n) is 3.80. The first-order valence-corrected chi connectivity index (χ1v) is 10.4. The second-order valence-corrected chi connectivity index (χ2v) is 7.78. The maximum absolute atomic E-state index is 12.4. The van der Waals surface area contributed by atoms with Crippen LogP contribution in [0.2, 0.25) is 0 Å². The molecule has 1 saturated heterocycles. The number of aromatic nitrogens is 3. The van der Waals surface area contributed by atoms with Crippen molar-refractivity contribution in [3.8, 4) is 0 Å². The molecule has 1 aromatic carbocycles. The zero-order chi connectivity index (χ0) is 20.9. The van der Waals surface area contributed by atoms with Crippen LogP contribution in [0.1, 0.15) is 34.6 Å². The molecular weight excluding hydrogens is 376 g/mol. The molecule has 0 atom stereocenters. The highest BCUT2D eigenvalue weighted by Crippen LogP contribution is 2.24. The number of hydrogen-bond donors (Lipinski definition) is 2. The monoisotopic (exact) mass is 404 g/mol. The van der Waals surface area contributed by atoms with Crippen molar-refractivity contribution in [1.29, 1.82) is 0 Å². The first-order chi connectivity index (χ1) is 14.6. The van der Waals surface area contributed by atoms with Crippen LogP contribution >= 0.6 is 0 Å². The van der Waals surface area contributed by atoms with Gasteiger partial charge in [-0.05, 0) is 56.2 Å². The van der Waals surface area contributed by atoms with Gasteiger partial charge in [0.2, 0.25) is 0 Å². The number of carbonyl (C=O) groups is 1. The summed E-state index contributed by atoms with van der Waals surface area (Å²) in [5.74, 6) is -0.123. The lowest BCUT2D eigenvalue weighted by atomic mass is 10.0. The first kappa shape index (κ1) is 20.1. The Hall–Kier alpha value is -3.19. The second-order valence-electron chi connectivity index (χ2n) is 7.78. The molecule has 0 saturated carbocycles. The van der Waals surface area contributed by atoms with E-state index in [2.05, 4.69) is 44.7 Å². The third-order valence-electron chi connectivity index (χ3n) is 5.64. The average molecular weight is 405 g/mol. The lowest BCUT2D eigenvalue weighted by Gasteiger charge is -2.34. The molecular formula is C23H28N6O. The van der Waals surface area contributed by atoms with Crippen LogP contribution < -0.4 is 15.5 Å². The summed E-state index contributed by atoms with van der Waals surface area (Å²) in [6.07, 6.45) is 5.41. The summed E-state index contributed by atoms with van der Waals surface area (Å²) >= 11 is 0. The number of amides is 1. The van der Waals surface area contributed by atoms with Crippen molar-refractivity contribution >= 4 is 17.3 Å². The summed E-state index contributed by atoms with van der Waals surface area (Å²) in [5, 5.41) is 11.1. The minimum atomic E-state index is -0.123. The molecule has 7 heteroatoms. The molecule has 1 aliphatic rings. The van der Waals surface area contributed by atoms with Crippen molar-refractivity contribution in [2.45, 2.75) is 32.4 Å². The average Bonchev–Trinajstić information content (AvgIpc) is 3.11. The second kappa shape index (κ2) is 9.09. The number of hydrogen-bond acceptors (Lipinski definition) is 5. The smallest absolute Gasteiger partial charge is 0.255 e. The number of carbonyl (C=O) groups excluding carboxylic acids is 1. The van der Waals surface area contributed by atoms with Gasteiger partial charge in [-0.15, -0.1) is 0 Å². The molecule has 7 nitrogen and oxygen atoms in total. The minimum Gasteiger partial charge on any atom is -0.371 e. The fourth-order valence-corrected chi connectivity index (χ4v) is 3.80. The van der Waals surface area contributed by atoms with Crippen molar-refractivity contribution in [3.63, 3.8) is 0 Å². The molecule has 0 radical (unpaired) electrons. The van der Waals surface area contributed by atoms with E-state index in [1.807, 2.05) is 29.9 Å². The number of aryl methyl sites for hydroxylation is 2. The summed E-state index contributed by atoms with van der Waals surface area (Å²) in [7, 11) is 1.98. The van der Waals surface area contributed by atoms with Crippen molar-refractivity contribution in [1.82, 2.24) is 20.1 Å². The van der Waals surface area contributed by atoms with Crippen LogP contribution in [-0.4, -0.2) is 39.8 Å². The number of piperidine rings is 1. The van der Waals surface area contributed by atoms with Gasteiger partial charge in [0.1, 0.15) is 0 Å². The van der Waals surface area contributed by atoms with E-state index in [0.717, 1.165) is 49.5 Å². The molecule has 0 aliphatic carbocycles.